The second kappa shape index (κ2) is 9.77. The molecule has 1 aliphatic heterocycles. The number of carbonyl (C=O) groups excluding carboxylic acids is 1. The Balaban J connectivity index is 0.00000220. The lowest BCUT2D eigenvalue weighted by Gasteiger charge is -2.26. The predicted molar refractivity (Wildman–Crippen MR) is 85.7 cm³/mol. The van der Waals surface area contributed by atoms with Crippen molar-refractivity contribution in [2.24, 2.45) is 0 Å². The van der Waals surface area contributed by atoms with E-state index >= 15 is 0 Å². The monoisotopic (exact) mass is 313 g/mol. The molecule has 1 aliphatic rings. The molecule has 1 aromatic carbocycles. The molecule has 0 N–H and O–H groups in total. The summed E-state index contributed by atoms with van der Waals surface area (Å²) in [5.41, 5.74) is 0.758. The van der Waals surface area contributed by atoms with Crippen LogP contribution in [0.2, 0.25) is 0 Å². The van der Waals surface area contributed by atoms with Gasteiger partial charge in [-0.15, -0.1) is 12.4 Å². The van der Waals surface area contributed by atoms with Crippen LogP contribution in [-0.2, 0) is 4.74 Å². The molecule has 5 heteroatoms. The maximum absolute atomic E-state index is 11.5. The summed E-state index contributed by atoms with van der Waals surface area (Å²) < 4.78 is 11.0. The van der Waals surface area contributed by atoms with Crippen molar-refractivity contribution in [3.05, 3.63) is 29.8 Å². The van der Waals surface area contributed by atoms with Gasteiger partial charge < -0.3 is 9.47 Å². The van der Waals surface area contributed by atoms with Gasteiger partial charge in [-0.1, -0.05) is 6.92 Å². The zero-order valence-corrected chi connectivity index (χ0v) is 13.4. The fourth-order valence-electron chi connectivity index (χ4n) is 2.24. The first-order valence-electron chi connectivity index (χ1n) is 7.35. The van der Waals surface area contributed by atoms with Crippen LogP contribution in [0.4, 0.5) is 0 Å². The maximum Gasteiger partial charge on any atom is 0.162 e. The molecule has 1 saturated heterocycles. The van der Waals surface area contributed by atoms with Gasteiger partial charge in [0, 0.05) is 31.6 Å². The Hall–Kier alpha value is -1.10. The number of morpholine rings is 1. The molecule has 0 aromatic heterocycles. The van der Waals surface area contributed by atoms with Crippen molar-refractivity contribution in [1.29, 1.82) is 0 Å². The van der Waals surface area contributed by atoms with E-state index in [0.29, 0.717) is 13.0 Å². The highest BCUT2D eigenvalue weighted by Crippen LogP contribution is 2.13. The number of ether oxygens (including phenoxy) is 2. The summed E-state index contributed by atoms with van der Waals surface area (Å²) in [7, 11) is 0. The Kier molecular flexibility index (Phi) is 8.35. The standard InChI is InChI=1S/C16H23NO3.ClH/c1-2-16(18)14-4-6-15(7-5-14)20-11-3-8-17-9-12-19-13-10-17;/h4-7H,2-3,8-13H2,1H3;1H. The summed E-state index contributed by atoms with van der Waals surface area (Å²) in [5.74, 6) is 1.00. The van der Waals surface area contributed by atoms with Crippen LogP contribution in [-0.4, -0.2) is 50.1 Å². The third kappa shape index (κ3) is 6.04. The van der Waals surface area contributed by atoms with Gasteiger partial charge in [-0.25, -0.2) is 0 Å². The van der Waals surface area contributed by atoms with Gasteiger partial charge in [-0.3, -0.25) is 9.69 Å². The molecular formula is C16H24ClNO3. The number of carbonyl (C=O) groups is 1. The summed E-state index contributed by atoms with van der Waals surface area (Å²) in [4.78, 5) is 13.9. The molecule has 4 nitrogen and oxygen atoms in total. The number of benzene rings is 1. The molecule has 1 aromatic rings. The molecule has 0 radical (unpaired) electrons. The number of hydrogen-bond acceptors (Lipinski definition) is 4. The fourth-order valence-corrected chi connectivity index (χ4v) is 2.24. The van der Waals surface area contributed by atoms with Crippen LogP contribution in [0.3, 0.4) is 0 Å². The van der Waals surface area contributed by atoms with Crippen molar-refractivity contribution >= 4 is 18.2 Å². The molecule has 0 atom stereocenters. The molecule has 2 rings (SSSR count). The van der Waals surface area contributed by atoms with Crippen molar-refractivity contribution in [1.82, 2.24) is 4.90 Å². The number of hydrogen-bond donors (Lipinski definition) is 0. The van der Waals surface area contributed by atoms with Gasteiger partial charge in [0.05, 0.1) is 19.8 Å². The second-order valence-corrected chi connectivity index (χ2v) is 4.96. The average Bonchev–Trinajstić information content (AvgIpc) is 2.52. The van der Waals surface area contributed by atoms with Gasteiger partial charge >= 0.3 is 0 Å². The third-order valence-corrected chi connectivity index (χ3v) is 3.49. The minimum Gasteiger partial charge on any atom is -0.494 e. The van der Waals surface area contributed by atoms with Gasteiger partial charge in [-0.05, 0) is 30.7 Å². The van der Waals surface area contributed by atoms with Crippen LogP contribution in [0.15, 0.2) is 24.3 Å². The molecule has 1 fully saturated rings. The first-order valence-corrected chi connectivity index (χ1v) is 7.35. The van der Waals surface area contributed by atoms with E-state index < -0.39 is 0 Å². The quantitative estimate of drug-likeness (QED) is 0.573. The lowest BCUT2D eigenvalue weighted by molar-refractivity contribution is 0.0358. The highest BCUT2D eigenvalue weighted by molar-refractivity contribution is 5.95. The molecule has 0 aliphatic carbocycles. The zero-order valence-electron chi connectivity index (χ0n) is 12.5. The van der Waals surface area contributed by atoms with E-state index in [-0.39, 0.29) is 18.2 Å². The Morgan fingerprint density at radius 1 is 1.24 bits per heavy atom. The van der Waals surface area contributed by atoms with Gasteiger partial charge in [0.2, 0.25) is 0 Å². The van der Waals surface area contributed by atoms with Crippen LogP contribution >= 0.6 is 12.4 Å². The van der Waals surface area contributed by atoms with Crippen LogP contribution < -0.4 is 4.74 Å². The van der Waals surface area contributed by atoms with Gasteiger partial charge in [-0.2, -0.15) is 0 Å². The minimum atomic E-state index is 0. The Morgan fingerprint density at radius 3 is 2.52 bits per heavy atom. The van der Waals surface area contributed by atoms with Crippen LogP contribution in [0.25, 0.3) is 0 Å². The molecule has 0 unspecified atom stereocenters. The summed E-state index contributed by atoms with van der Waals surface area (Å²) >= 11 is 0. The minimum absolute atomic E-state index is 0. The van der Waals surface area contributed by atoms with Crippen LogP contribution in [0.1, 0.15) is 30.1 Å². The number of ketones is 1. The zero-order chi connectivity index (χ0) is 14.2. The van der Waals surface area contributed by atoms with Gasteiger partial charge in [0.1, 0.15) is 5.75 Å². The average molecular weight is 314 g/mol. The molecule has 0 bridgehead atoms. The van der Waals surface area contributed by atoms with E-state index in [1.54, 1.807) is 0 Å². The summed E-state index contributed by atoms with van der Waals surface area (Å²) in [6.45, 7) is 7.36. The van der Waals surface area contributed by atoms with E-state index in [1.165, 1.54) is 0 Å². The summed E-state index contributed by atoms with van der Waals surface area (Å²) in [6.07, 6.45) is 1.55. The molecular weight excluding hydrogens is 290 g/mol. The van der Waals surface area contributed by atoms with Gasteiger partial charge in [0.25, 0.3) is 0 Å². The first kappa shape index (κ1) is 18.0. The van der Waals surface area contributed by atoms with Crippen LogP contribution in [0, 0.1) is 0 Å². The van der Waals surface area contributed by atoms with E-state index in [2.05, 4.69) is 4.90 Å². The van der Waals surface area contributed by atoms with Gasteiger partial charge in [0.15, 0.2) is 5.78 Å². The molecule has 0 amide bonds. The van der Waals surface area contributed by atoms with E-state index in [9.17, 15) is 4.79 Å². The summed E-state index contributed by atoms with van der Waals surface area (Å²) in [5, 5.41) is 0. The first-order chi connectivity index (χ1) is 9.79. The number of halogens is 1. The van der Waals surface area contributed by atoms with E-state index in [0.717, 1.165) is 50.6 Å². The highest BCUT2D eigenvalue weighted by atomic mass is 35.5. The Morgan fingerprint density at radius 2 is 1.90 bits per heavy atom. The molecule has 1 heterocycles. The number of rotatable bonds is 7. The van der Waals surface area contributed by atoms with Crippen molar-refractivity contribution in [2.45, 2.75) is 19.8 Å². The summed E-state index contributed by atoms with van der Waals surface area (Å²) in [6, 6.07) is 7.42. The largest absolute Gasteiger partial charge is 0.494 e. The Bertz CT molecular complexity index is 416. The van der Waals surface area contributed by atoms with Crippen molar-refractivity contribution in [3.63, 3.8) is 0 Å². The number of Topliss-reactive ketones (excluding diaryl/α,β-unsaturated/α-hetero) is 1. The Labute approximate surface area is 132 Å². The molecule has 118 valence electrons. The van der Waals surface area contributed by atoms with Crippen molar-refractivity contribution in [3.8, 4) is 5.75 Å². The normalized spacial score (nSPS) is 15.3. The molecule has 21 heavy (non-hydrogen) atoms. The topological polar surface area (TPSA) is 38.8 Å². The fraction of sp³-hybridized carbons (Fsp3) is 0.562. The maximum atomic E-state index is 11.5. The van der Waals surface area contributed by atoms with Crippen molar-refractivity contribution < 1.29 is 14.3 Å². The SMILES string of the molecule is CCC(=O)c1ccc(OCCCN2CCOCC2)cc1.Cl. The van der Waals surface area contributed by atoms with Crippen LogP contribution in [0.5, 0.6) is 5.75 Å². The van der Waals surface area contributed by atoms with Crippen molar-refractivity contribution in [2.75, 3.05) is 39.5 Å². The lowest BCUT2D eigenvalue weighted by atomic mass is 10.1. The van der Waals surface area contributed by atoms with E-state index in [4.69, 9.17) is 9.47 Å². The predicted octanol–water partition coefficient (Wildman–Crippen LogP) is 2.80. The van der Waals surface area contributed by atoms with E-state index in [1.807, 2.05) is 31.2 Å². The molecule has 0 spiro atoms. The smallest absolute Gasteiger partial charge is 0.162 e. The number of nitrogens with zero attached hydrogens (tertiary/aromatic N) is 1. The third-order valence-electron chi connectivity index (χ3n) is 3.49. The molecule has 0 saturated carbocycles. The highest BCUT2D eigenvalue weighted by Gasteiger charge is 2.09. The lowest BCUT2D eigenvalue weighted by Crippen LogP contribution is -2.37. The second-order valence-electron chi connectivity index (χ2n) is 4.96.